The van der Waals surface area contributed by atoms with E-state index in [0.717, 1.165) is 43.6 Å². The Labute approximate surface area is 160 Å². The zero-order chi connectivity index (χ0) is 18.6. The molecule has 0 spiro atoms. The Morgan fingerprint density at radius 2 is 1.85 bits per heavy atom. The van der Waals surface area contributed by atoms with E-state index in [4.69, 9.17) is 0 Å². The summed E-state index contributed by atoms with van der Waals surface area (Å²) in [6, 6.07) is 16.9. The molecule has 3 aromatic rings. The van der Waals surface area contributed by atoms with Gasteiger partial charge in [0.05, 0.1) is 18.1 Å². The second-order valence-electron chi connectivity index (χ2n) is 7.37. The number of piperidine rings is 1. The van der Waals surface area contributed by atoms with Gasteiger partial charge < -0.3 is 4.90 Å². The summed E-state index contributed by atoms with van der Waals surface area (Å²) < 4.78 is 1.82. The number of amides is 1. The molecule has 0 atom stereocenters. The number of fused-ring (bicyclic) bond motifs is 1. The molecule has 1 aliphatic rings. The number of pyridine rings is 1. The molecule has 1 fully saturated rings. The number of likely N-dealkylation sites (tertiary alicyclic amines) is 1. The van der Waals surface area contributed by atoms with Gasteiger partial charge in [-0.1, -0.05) is 36.4 Å². The van der Waals surface area contributed by atoms with E-state index in [1.807, 2.05) is 47.1 Å². The highest BCUT2D eigenvalue weighted by molar-refractivity contribution is 5.81. The maximum atomic E-state index is 12.8. The maximum absolute atomic E-state index is 12.8. The first-order chi connectivity index (χ1) is 13.2. The molecule has 27 heavy (non-hydrogen) atoms. The standard InChI is InChI=1S/C22H26N4O/c1-24(22(27)15-19-16-23-26-12-6-5-9-21(19)26)20-10-13-25(14-11-20)17-18-7-3-2-4-8-18/h2-9,12,16,20H,10-11,13-15,17H2,1H3. The highest BCUT2D eigenvalue weighted by atomic mass is 16.2. The minimum atomic E-state index is 0.176. The number of carbonyl (C=O) groups is 1. The van der Waals surface area contributed by atoms with Crippen LogP contribution >= 0.6 is 0 Å². The van der Waals surface area contributed by atoms with Gasteiger partial charge in [-0.15, -0.1) is 0 Å². The topological polar surface area (TPSA) is 40.9 Å². The number of likely N-dealkylation sites (N-methyl/N-ethyl adjacent to an activating group) is 1. The van der Waals surface area contributed by atoms with Crippen molar-refractivity contribution in [2.75, 3.05) is 20.1 Å². The van der Waals surface area contributed by atoms with Crippen molar-refractivity contribution in [1.82, 2.24) is 19.4 Å². The number of hydrogen-bond donors (Lipinski definition) is 0. The minimum Gasteiger partial charge on any atom is -0.342 e. The number of nitrogens with zero attached hydrogens (tertiary/aromatic N) is 4. The number of hydrogen-bond acceptors (Lipinski definition) is 3. The first-order valence-electron chi connectivity index (χ1n) is 9.64. The van der Waals surface area contributed by atoms with Crippen LogP contribution in [0.3, 0.4) is 0 Å². The highest BCUT2D eigenvalue weighted by Gasteiger charge is 2.25. The van der Waals surface area contributed by atoms with Crippen molar-refractivity contribution in [2.24, 2.45) is 0 Å². The summed E-state index contributed by atoms with van der Waals surface area (Å²) in [5.74, 6) is 0.176. The predicted molar refractivity (Wildman–Crippen MR) is 106 cm³/mol. The summed E-state index contributed by atoms with van der Waals surface area (Å²) >= 11 is 0. The van der Waals surface area contributed by atoms with E-state index < -0.39 is 0 Å². The minimum absolute atomic E-state index is 0.176. The fraction of sp³-hybridized carbons (Fsp3) is 0.364. The fourth-order valence-electron chi connectivity index (χ4n) is 3.92. The van der Waals surface area contributed by atoms with E-state index in [1.165, 1.54) is 5.56 Å². The smallest absolute Gasteiger partial charge is 0.227 e. The van der Waals surface area contributed by atoms with Gasteiger partial charge in [0.1, 0.15) is 0 Å². The van der Waals surface area contributed by atoms with Crippen molar-refractivity contribution in [1.29, 1.82) is 0 Å². The molecule has 2 aromatic heterocycles. The molecule has 5 heteroatoms. The quantitative estimate of drug-likeness (QED) is 0.701. The molecule has 140 valence electrons. The lowest BCUT2D eigenvalue weighted by atomic mass is 10.0. The Morgan fingerprint density at radius 1 is 1.11 bits per heavy atom. The Hall–Kier alpha value is -2.66. The van der Waals surface area contributed by atoms with Crippen LogP contribution in [0.2, 0.25) is 0 Å². The van der Waals surface area contributed by atoms with Crippen molar-refractivity contribution in [3.05, 3.63) is 72.1 Å². The molecule has 0 radical (unpaired) electrons. The zero-order valence-corrected chi connectivity index (χ0v) is 15.8. The van der Waals surface area contributed by atoms with Gasteiger partial charge in [0.2, 0.25) is 5.91 Å². The summed E-state index contributed by atoms with van der Waals surface area (Å²) in [4.78, 5) is 17.2. The molecule has 4 rings (SSSR count). The lowest BCUT2D eigenvalue weighted by Crippen LogP contribution is -2.45. The number of carbonyl (C=O) groups excluding carboxylic acids is 1. The number of rotatable bonds is 5. The molecule has 0 saturated carbocycles. The van der Waals surface area contributed by atoms with Crippen LogP contribution in [0.25, 0.3) is 5.52 Å². The van der Waals surface area contributed by atoms with Gasteiger partial charge in [0.25, 0.3) is 0 Å². The second-order valence-corrected chi connectivity index (χ2v) is 7.37. The average Bonchev–Trinajstić information content (AvgIpc) is 3.12. The lowest BCUT2D eigenvalue weighted by molar-refractivity contribution is -0.132. The van der Waals surface area contributed by atoms with Crippen molar-refractivity contribution in [2.45, 2.75) is 31.8 Å². The largest absolute Gasteiger partial charge is 0.342 e. The molecule has 0 unspecified atom stereocenters. The molecule has 1 aromatic carbocycles. The SMILES string of the molecule is CN(C(=O)Cc1cnn2ccccc12)C1CCN(Cc2ccccc2)CC1. The van der Waals surface area contributed by atoms with Gasteiger partial charge in [-0.3, -0.25) is 9.69 Å². The molecule has 5 nitrogen and oxygen atoms in total. The summed E-state index contributed by atoms with van der Waals surface area (Å²) in [5, 5.41) is 4.33. The molecule has 0 aliphatic carbocycles. The molecule has 1 saturated heterocycles. The number of aromatic nitrogens is 2. The van der Waals surface area contributed by atoms with Crippen LogP contribution in [-0.2, 0) is 17.8 Å². The van der Waals surface area contributed by atoms with Crippen LogP contribution in [0.5, 0.6) is 0 Å². The Morgan fingerprint density at radius 3 is 2.63 bits per heavy atom. The summed E-state index contributed by atoms with van der Waals surface area (Å²) in [6.07, 6.45) is 6.20. The Bertz CT molecular complexity index is 897. The predicted octanol–water partition coefficient (Wildman–Crippen LogP) is 3.00. The van der Waals surface area contributed by atoms with Gasteiger partial charge in [-0.25, -0.2) is 4.52 Å². The van der Waals surface area contributed by atoms with Crippen molar-refractivity contribution >= 4 is 11.4 Å². The van der Waals surface area contributed by atoms with E-state index in [-0.39, 0.29) is 5.91 Å². The van der Waals surface area contributed by atoms with Crippen LogP contribution in [0.15, 0.2) is 60.9 Å². The zero-order valence-electron chi connectivity index (χ0n) is 15.8. The van der Waals surface area contributed by atoms with Crippen molar-refractivity contribution < 1.29 is 4.79 Å². The van der Waals surface area contributed by atoms with E-state index in [2.05, 4.69) is 40.3 Å². The molecule has 3 heterocycles. The van der Waals surface area contributed by atoms with E-state index in [1.54, 1.807) is 0 Å². The van der Waals surface area contributed by atoms with E-state index in [0.29, 0.717) is 12.5 Å². The van der Waals surface area contributed by atoms with E-state index in [9.17, 15) is 4.79 Å². The molecule has 1 aliphatic heterocycles. The van der Waals surface area contributed by atoms with Crippen LogP contribution in [-0.4, -0.2) is 51.5 Å². The molecule has 0 bridgehead atoms. The number of benzene rings is 1. The van der Waals surface area contributed by atoms with Gasteiger partial charge in [-0.2, -0.15) is 5.10 Å². The second kappa shape index (κ2) is 7.92. The lowest BCUT2D eigenvalue weighted by Gasteiger charge is -2.36. The van der Waals surface area contributed by atoms with E-state index >= 15 is 0 Å². The Balaban J connectivity index is 1.32. The van der Waals surface area contributed by atoms with Gasteiger partial charge in [0, 0.05) is 44.5 Å². The summed E-state index contributed by atoms with van der Waals surface area (Å²) in [7, 11) is 1.95. The van der Waals surface area contributed by atoms with Gasteiger partial charge in [-0.05, 0) is 30.5 Å². The third kappa shape index (κ3) is 4.03. The van der Waals surface area contributed by atoms with Crippen LogP contribution in [0, 0.1) is 0 Å². The molecular formula is C22H26N4O. The first kappa shape index (κ1) is 17.7. The van der Waals surface area contributed by atoms with Crippen molar-refractivity contribution in [3.8, 4) is 0 Å². The fourth-order valence-corrected chi connectivity index (χ4v) is 3.92. The van der Waals surface area contributed by atoms with Crippen LogP contribution in [0.4, 0.5) is 0 Å². The molecule has 0 N–H and O–H groups in total. The maximum Gasteiger partial charge on any atom is 0.227 e. The van der Waals surface area contributed by atoms with Gasteiger partial charge in [0.15, 0.2) is 0 Å². The summed E-state index contributed by atoms with van der Waals surface area (Å²) in [6.45, 7) is 3.06. The molecule has 1 amide bonds. The van der Waals surface area contributed by atoms with Gasteiger partial charge >= 0.3 is 0 Å². The first-order valence-corrected chi connectivity index (χ1v) is 9.64. The Kier molecular flexibility index (Phi) is 5.21. The van der Waals surface area contributed by atoms with Crippen molar-refractivity contribution in [3.63, 3.8) is 0 Å². The third-order valence-corrected chi connectivity index (χ3v) is 5.60. The van der Waals surface area contributed by atoms with Crippen LogP contribution < -0.4 is 0 Å². The highest BCUT2D eigenvalue weighted by Crippen LogP contribution is 2.19. The molecular weight excluding hydrogens is 336 g/mol. The average molecular weight is 362 g/mol. The monoisotopic (exact) mass is 362 g/mol. The van der Waals surface area contributed by atoms with Crippen LogP contribution in [0.1, 0.15) is 24.0 Å². The summed E-state index contributed by atoms with van der Waals surface area (Å²) in [5.41, 5.74) is 3.36. The normalized spacial score (nSPS) is 15.9. The third-order valence-electron chi connectivity index (χ3n) is 5.60.